The van der Waals surface area contributed by atoms with E-state index >= 15 is 0 Å². The fourth-order valence-electron chi connectivity index (χ4n) is 3.78. The highest BCUT2D eigenvalue weighted by Crippen LogP contribution is 2.31. The van der Waals surface area contributed by atoms with E-state index < -0.39 is 24.0 Å². The van der Waals surface area contributed by atoms with E-state index in [1.165, 1.54) is 44.2 Å². The van der Waals surface area contributed by atoms with Gasteiger partial charge in [-0.3, -0.25) is 0 Å². The Morgan fingerprint density at radius 2 is 1.26 bits per heavy atom. The second kappa shape index (κ2) is 13.0. The first-order valence-electron chi connectivity index (χ1n) is 11.8. The number of hydrogen-bond acceptors (Lipinski definition) is 2. The van der Waals surface area contributed by atoms with Crippen LogP contribution in [0.15, 0.2) is 60.7 Å². The molecule has 0 amide bonds. The largest absolute Gasteiger partial charge is 0.494 e. The van der Waals surface area contributed by atoms with Gasteiger partial charge in [0, 0.05) is 5.56 Å². The van der Waals surface area contributed by atoms with Crippen LogP contribution in [0.1, 0.15) is 51.9 Å². The molecule has 0 aromatic heterocycles. The molecule has 0 saturated carbocycles. The van der Waals surface area contributed by atoms with Crippen LogP contribution in [-0.2, 0) is 0 Å². The summed E-state index contributed by atoms with van der Waals surface area (Å²) < 4.78 is 63.3. The Bertz CT molecular complexity index is 1040. The van der Waals surface area contributed by atoms with E-state index in [1.807, 2.05) is 12.1 Å². The molecule has 0 aliphatic heterocycles. The first-order valence-corrected chi connectivity index (χ1v) is 11.8. The third-order valence-electron chi connectivity index (χ3n) is 5.63. The van der Waals surface area contributed by atoms with Crippen LogP contribution < -0.4 is 9.47 Å². The van der Waals surface area contributed by atoms with Gasteiger partial charge in [-0.05, 0) is 53.4 Å². The van der Waals surface area contributed by atoms with Gasteiger partial charge in [-0.15, -0.1) is 0 Å². The monoisotopic (exact) mass is 474 g/mol. The highest BCUT2D eigenvalue weighted by atomic mass is 19.3. The van der Waals surface area contributed by atoms with Crippen molar-refractivity contribution in [2.75, 3.05) is 6.61 Å². The van der Waals surface area contributed by atoms with E-state index in [2.05, 4.69) is 11.7 Å². The third kappa shape index (κ3) is 7.51. The van der Waals surface area contributed by atoms with Gasteiger partial charge in [-0.2, -0.15) is 8.78 Å². The quantitative estimate of drug-likeness (QED) is 0.182. The van der Waals surface area contributed by atoms with Crippen molar-refractivity contribution < 1.29 is 27.0 Å². The predicted octanol–water partition coefficient (Wildman–Crippen LogP) is 9.03. The Labute approximate surface area is 198 Å². The van der Waals surface area contributed by atoms with Crippen LogP contribution in [0, 0.1) is 11.6 Å². The zero-order valence-electron chi connectivity index (χ0n) is 19.3. The Kier molecular flexibility index (Phi) is 9.80. The van der Waals surface area contributed by atoms with Gasteiger partial charge < -0.3 is 9.47 Å². The second-order valence-electron chi connectivity index (χ2n) is 8.21. The highest BCUT2D eigenvalue weighted by Gasteiger charge is 2.13. The maximum atomic E-state index is 14.8. The van der Waals surface area contributed by atoms with E-state index in [4.69, 9.17) is 4.74 Å². The molecule has 3 aromatic rings. The molecule has 182 valence electrons. The lowest BCUT2D eigenvalue weighted by atomic mass is 9.99. The number of hydrogen-bond donors (Lipinski definition) is 0. The summed E-state index contributed by atoms with van der Waals surface area (Å²) in [5.41, 5.74) is 1.89. The molecule has 0 aliphatic carbocycles. The highest BCUT2D eigenvalue weighted by molar-refractivity contribution is 5.71. The molecule has 34 heavy (non-hydrogen) atoms. The Morgan fingerprint density at radius 3 is 1.88 bits per heavy atom. The molecule has 3 rings (SSSR count). The minimum absolute atomic E-state index is 0.360. The van der Waals surface area contributed by atoms with Gasteiger partial charge in [-0.1, -0.05) is 75.8 Å². The average Bonchev–Trinajstić information content (AvgIpc) is 2.82. The molecule has 0 aliphatic rings. The maximum absolute atomic E-state index is 14.8. The van der Waals surface area contributed by atoms with E-state index in [0.717, 1.165) is 30.7 Å². The molecule has 0 atom stereocenters. The molecule has 0 bridgehead atoms. The van der Waals surface area contributed by atoms with Crippen LogP contribution in [0.25, 0.3) is 22.3 Å². The van der Waals surface area contributed by atoms with Crippen molar-refractivity contribution in [3.05, 3.63) is 72.3 Å². The van der Waals surface area contributed by atoms with Crippen molar-refractivity contribution in [2.45, 2.75) is 58.5 Å². The van der Waals surface area contributed by atoms with Gasteiger partial charge in [-0.25, -0.2) is 8.78 Å². The van der Waals surface area contributed by atoms with Crippen molar-refractivity contribution in [3.63, 3.8) is 0 Å². The molecular formula is C28H30F4O2. The fourth-order valence-corrected chi connectivity index (χ4v) is 3.78. The number of benzene rings is 3. The molecule has 3 aromatic carbocycles. The Balaban J connectivity index is 1.57. The van der Waals surface area contributed by atoms with E-state index in [-0.39, 0.29) is 0 Å². The first kappa shape index (κ1) is 25.6. The maximum Gasteiger partial charge on any atom is 0.387 e. The lowest BCUT2D eigenvalue weighted by molar-refractivity contribution is -0.0521. The van der Waals surface area contributed by atoms with E-state index in [0.29, 0.717) is 28.9 Å². The van der Waals surface area contributed by atoms with Crippen LogP contribution in [0.5, 0.6) is 11.5 Å². The summed E-state index contributed by atoms with van der Waals surface area (Å²) in [5, 5.41) is 0. The summed E-state index contributed by atoms with van der Waals surface area (Å²) in [4.78, 5) is 0. The predicted molar refractivity (Wildman–Crippen MR) is 127 cm³/mol. The molecule has 0 saturated heterocycles. The minimum Gasteiger partial charge on any atom is -0.494 e. The molecule has 0 N–H and O–H groups in total. The molecule has 2 nitrogen and oxygen atoms in total. The first-order chi connectivity index (χ1) is 16.5. The summed E-state index contributed by atoms with van der Waals surface area (Å²) in [6.45, 7) is -0.244. The fraction of sp³-hybridized carbons (Fsp3) is 0.357. The number of ether oxygens (including phenoxy) is 2. The number of halogens is 4. The van der Waals surface area contributed by atoms with Crippen molar-refractivity contribution in [1.82, 2.24) is 0 Å². The Hall–Kier alpha value is -3.02. The van der Waals surface area contributed by atoms with Crippen molar-refractivity contribution in [3.8, 4) is 33.8 Å². The Morgan fingerprint density at radius 1 is 0.676 bits per heavy atom. The van der Waals surface area contributed by atoms with E-state index in [9.17, 15) is 17.6 Å². The third-order valence-corrected chi connectivity index (χ3v) is 5.63. The molecule has 0 radical (unpaired) electrons. The number of alkyl halides is 2. The molecule has 0 unspecified atom stereocenters. The van der Waals surface area contributed by atoms with Crippen LogP contribution in [-0.4, -0.2) is 13.2 Å². The van der Waals surface area contributed by atoms with Crippen LogP contribution in [0.3, 0.4) is 0 Å². The topological polar surface area (TPSA) is 18.5 Å². The summed E-state index contributed by atoms with van der Waals surface area (Å²) >= 11 is 0. The van der Waals surface area contributed by atoms with E-state index in [1.54, 1.807) is 24.3 Å². The minimum atomic E-state index is -3.12. The standard InChI is InChI=1S/C28H30F4O2/c1-2-3-4-5-6-7-8-17-33-23-13-9-20(10-14-23)24-15-11-21(18-25(24)29)22-12-16-27(26(30)19-22)34-28(31)32/h9-16,18-19,28H,2-8,17H2,1H3. The van der Waals surface area contributed by atoms with Gasteiger partial charge >= 0.3 is 6.61 Å². The summed E-state index contributed by atoms with van der Waals surface area (Å²) in [6.07, 6.45) is 8.54. The molecule has 0 fully saturated rings. The van der Waals surface area contributed by atoms with Gasteiger partial charge in [0.15, 0.2) is 11.6 Å². The summed E-state index contributed by atoms with van der Waals surface area (Å²) in [7, 11) is 0. The van der Waals surface area contributed by atoms with Crippen LogP contribution in [0.4, 0.5) is 17.6 Å². The second-order valence-corrected chi connectivity index (χ2v) is 8.21. The van der Waals surface area contributed by atoms with Crippen molar-refractivity contribution in [2.24, 2.45) is 0 Å². The lowest BCUT2D eigenvalue weighted by Crippen LogP contribution is -2.03. The van der Waals surface area contributed by atoms with Gasteiger partial charge in [0.1, 0.15) is 11.6 Å². The molecule has 0 spiro atoms. The van der Waals surface area contributed by atoms with Crippen molar-refractivity contribution in [1.29, 1.82) is 0 Å². The number of rotatable bonds is 13. The lowest BCUT2D eigenvalue weighted by Gasteiger charge is -2.10. The van der Waals surface area contributed by atoms with Crippen molar-refractivity contribution >= 4 is 0 Å². The van der Waals surface area contributed by atoms with Gasteiger partial charge in [0.25, 0.3) is 0 Å². The van der Waals surface area contributed by atoms with Crippen LogP contribution in [0.2, 0.25) is 0 Å². The van der Waals surface area contributed by atoms with Gasteiger partial charge in [0.2, 0.25) is 0 Å². The normalized spacial score (nSPS) is 11.1. The number of unbranched alkanes of at least 4 members (excludes halogenated alkanes) is 6. The SMILES string of the molecule is CCCCCCCCCOc1ccc(-c2ccc(-c3ccc(OC(F)F)c(F)c3)cc2F)cc1. The van der Waals surface area contributed by atoms with Crippen LogP contribution >= 0.6 is 0 Å². The summed E-state index contributed by atoms with van der Waals surface area (Å²) in [6, 6.07) is 15.4. The molecule has 6 heteroatoms. The zero-order chi connectivity index (χ0) is 24.3. The summed E-state index contributed by atoms with van der Waals surface area (Å²) in [5.74, 6) is -1.21. The molecular weight excluding hydrogens is 444 g/mol. The average molecular weight is 475 g/mol. The molecule has 0 heterocycles. The zero-order valence-corrected chi connectivity index (χ0v) is 19.3. The van der Waals surface area contributed by atoms with Gasteiger partial charge in [0.05, 0.1) is 6.61 Å². The smallest absolute Gasteiger partial charge is 0.387 e.